The third kappa shape index (κ3) is 12.6. The smallest absolute Gasteiger partial charge is 0.192 e. The van der Waals surface area contributed by atoms with E-state index in [1.54, 1.807) is 36.4 Å². The Morgan fingerprint density at radius 1 is 1.05 bits per heavy atom. The Morgan fingerprint density at radius 2 is 1.65 bits per heavy atom. The minimum Gasteiger partial charge on any atom is -0.413 e. The molecule has 226 valence electrons. The molecule has 40 heavy (non-hydrogen) atoms. The van der Waals surface area contributed by atoms with Gasteiger partial charge in [0.05, 0.1) is 28.5 Å². The van der Waals surface area contributed by atoms with Gasteiger partial charge in [-0.3, -0.25) is 0 Å². The molecule has 8 heteroatoms. The number of aliphatic hydroxyl groups is 2. The molecule has 2 unspecified atom stereocenters. The van der Waals surface area contributed by atoms with E-state index in [0.29, 0.717) is 19.4 Å². The van der Waals surface area contributed by atoms with Crippen molar-refractivity contribution in [1.82, 2.24) is 0 Å². The van der Waals surface area contributed by atoms with E-state index in [1.165, 1.54) is 6.92 Å². The monoisotopic (exact) mass is 606 g/mol. The van der Waals surface area contributed by atoms with Gasteiger partial charge in [0, 0.05) is 6.42 Å². The van der Waals surface area contributed by atoms with Gasteiger partial charge in [0.25, 0.3) is 0 Å². The van der Waals surface area contributed by atoms with Gasteiger partial charge in [-0.1, -0.05) is 82.4 Å². The van der Waals surface area contributed by atoms with Crippen LogP contribution < -0.4 is 0 Å². The molecular weight excluding hydrogens is 553 g/mol. The fourth-order valence-electron chi connectivity index (χ4n) is 3.80. The summed E-state index contributed by atoms with van der Waals surface area (Å²) in [5, 5.41) is 21.2. The topological polar surface area (TPSA) is 83.8 Å². The summed E-state index contributed by atoms with van der Waals surface area (Å²) >= 11 is 0. The van der Waals surface area contributed by atoms with E-state index in [-0.39, 0.29) is 22.8 Å². The van der Waals surface area contributed by atoms with E-state index in [1.807, 2.05) is 13.0 Å². The second-order valence-corrected chi connectivity index (χ2v) is 25.4. The minimum absolute atomic E-state index is 0.111. The van der Waals surface area contributed by atoms with Crippen LogP contribution in [0.25, 0.3) is 0 Å². The third-order valence-electron chi connectivity index (χ3n) is 7.50. The molecule has 0 saturated carbocycles. The van der Waals surface area contributed by atoms with Crippen molar-refractivity contribution in [1.29, 1.82) is 0 Å². The summed E-state index contributed by atoms with van der Waals surface area (Å²) in [5.41, 5.74) is 2.60. The Kier molecular flexibility index (Phi) is 13.8. The molecule has 1 rings (SSSR count). The van der Waals surface area contributed by atoms with Gasteiger partial charge >= 0.3 is 0 Å². The Labute approximate surface area is 247 Å². The van der Waals surface area contributed by atoms with Gasteiger partial charge in [-0.15, -0.1) is 11.5 Å². The first kappa shape index (κ1) is 36.5. The lowest BCUT2D eigenvalue weighted by Gasteiger charge is -2.35. The fraction of sp³-hybridized carbons (Fsp3) is 0.625. The van der Waals surface area contributed by atoms with E-state index < -0.39 is 43.2 Å². The molecule has 0 spiro atoms. The standard InChI is InChI=1S/C32H54O5SSi2/c1-27(19-13-12-17-23-37-40(9,10)31(2,3)4)25-29(38(35,36)28-20-14-11-15-21-28)26-32(5,34)30(33)22-16-18-24-39(6,7)8/h11-12,14-15,17,20-21,25,29-30,33-34H,13,16,19,22-23,26H2,1-10H3/t29?,30?,32-/m0/s1. The molecule has 0 aliphatic rings. The van der Waals surface area contributed by atoms with E-state index >= 15 is 0 Å². The Balaban J connectivity index is 3.02. The number of allylic oxidation sites excluding steroid dienone is 2. The summed E-state index contributed by atoms with van der Waals surface area (Å²) < 4.78 is 33.5. The number of sulfone groups is 1. The number of rotatable bonds is 14. The highest BCUT2D eigenvalue weighted by Gasteiger charge is 2.38. The van der Waals surface area contributed by atoms with Crippen LogP contribution in [0.15, 0.2) is 59.0 Å². The molecule has 0 heterocycles. The maximum absolute atomic E-state index is 13.6. The van der Waals surface area contributed by atoms with Gasteiger partial charge in [-0.05, 0) is 69.8 Å². The second kappa shape index (κ2) is 15.1. The van der Waals surface area contributed by atoms with Gasteiger partial charge in [0.1, 0.15) is 8.07 Å². The van der Waals surface area contributed by atoms with Crippen LogP contribution in [0, 0.1) is 11.5 Å². The molecule has 0 amide bonds. The lowest BCUT2D eigenvalue weighted by atomic mass is 9.90. The lowest BCUT2D eigenvalue weighted by Crippen LogP contribution is -2.43. The van der Waals surface area contributed by atoms with E-state index in [2.05, 4.69) is 71.0 Å². The second-order valence-electron chi connectivity index (χ2n) is 13.7. The SMILES string of the molecule is CC(=CC(C[C@](C)(O)C(O)CCC#C[Si](C)(C)C)S(=O)(=O)c1ccccc1)CCC=CCO[Si](C)(C)C(C)(C)C. The molecule has 0 aliphatic carbocycles. The molecule has 0 aliphatic heterocycles. The molecule has 1 aromatic rings. The highest BCUT2D eigenvalue weighted by atomic mass is 32.2. The molecule has 3 atom stereocenters. The first-order valence-corrected chi connectivity index (χ1v) is 22.3. The number of benzene rings is 1. The number of hydrogen-bond acceptors (Lipinski definition) is 5. The highest BCUT2D eigenvalue weighted by Crippen LogP contribution is 2.36. The van der Waals surface area contributed by atoms with Crippen LogP contribution in [0.4, 0.5) is 0 Å². The van der Waals surface area contributed by atoms with Crippen molar-refractivity contribution in [2.75, 3.05) is 6.61 Å². The average molecular weight is 607 g/mol. The van der Waals surface area contributed by atoms with Crippen LogP contribution in [0.3, 0.4) is 0 Å². The lowest BCUT2D eigenvalue weighted by molar-refractivity contribution is -0.0681. The van der Waals surface area contributed by atoms with Crippen molar-refractivity contribution in [3.63, 3.8) is 0 Å². The van der Waals surface area contributed by atoms with Gasteiger partial charge in [-0.2, -0.15) is 0 Å². The Morgan fingerprint density at radius 3 is 2.20 bits per heavy atom. The highest BCUT2D eigenvalue weighted by molar-refractivity contribution is 7.92. The van der Waals surface area contributed by atoms with Crippen LogP contribution in [-0.2, 0) is 14.3 Å². The first-order chi connectivity index (χ1) is 18.2. The van der Waals surface area contributed by atoms with Crippen molar-refractivity contribution < 1.29 is 23.1 Å². The third-order valence-corrected chi connectivity index (χ3v) is 15.0. The largest absolute Gasteiger partial charge is 0.413 e. The van der Waals surface area contributed by atoms with E-state index in [9.17, 15) is 18.6 Å². The van der Waals surface area contributed by atoms with E-state index in [4.69, 9.17) is 4.43 Å². The summed E-state index contributed by atoms with van der Waals surface area (Å²) in [5.74, 6) is 3.12. The molecular formula is C32H54O5SSi2. The summed E-state index contributed by atoms with van der Waals surface area (Å²) in [7, 11) is -7.09. The summed E-state index contributed by atoms with van der Waals surface area (Å²) in [6.45, 7) is 21.6. The van der Waals surface area contributed by atoms with Crippen LogP contribution in [0.2, 0.25) is 37.8 Å². The zero-order valence-electron chi connectivity index (χ0n) is 26.5. The van der Waals surface area contributed by atoms with Gasteiger partial charge in [-0.25, -0.2) is 8.42 Å². The molecule has 0 bridgehead atoms. The van der Waals surface area contributed by atoms with Crippen LogP contribution in [0.5, 0.6) is 0 Å². The normalized spacial score (nSPS) is 16.8. The first-order valence-electron chi connectivity index (χ1n) is 14.3. The van der Waals surface area contributed by atoms with Crippen molar-refractivity contribution in [2.24, 2.45) is 0 Å². The predicted molar refractivity (Wildman–Crippen MR) is 174 cm³/mol. The maximum atomic E-state index is 13.6. The van der Waals surface area contributed by atoms with E-state index in [0.717, 1.165) is 12.0 Å². The minimum atomic E-state index is -3.78. The molecule has 0 aromatic heterocycles. The Hall–Kier alpha value is -1.48. The predicted octanol–water partition coefficient (Wildman–Crippen LogP) is 7.30. The molecule has 0 saturated heterocycles. The molecule has 0 fully saturated rings. The Bertz CT molecular complexity index is 1150. The van der Waals surface area contributed by atoms with Gasteiger partial charge in [0.15, 0.2) is 18.2 Å². The van der Waals surface area contributed by atoms with Crippen LogP contribution in [-0.4, -0.2) is 58.6 Å². The van der Waals surface area contributed by atoms with Crippen molar-refractivity contribution >= 4 is 26.2 Å². The fourth-order valence-corrected chi connectivity index (χ4v) is 7.26. The van der Waals surface area contributed by atoms with Crippen LogP contribution in [0.1, 0.15) is 66.7 Å². The summed E-state index contributed by atoms with van der Waals surface area (Å²) in [6.07, 6.45) is 6.85. The quantitative estimate of drug-likeness (QED) is 0.132. The molecule has 0 radical (unpaired) electrons. The summed E-state index contributed by atoms with van der Waals surface area (Å²) in [6, 6.07) is 8.32. The number of aliphatic hydroxyl groups excluding tert-OH is 1. The summed E-state index contributed by atoms with van der Waals surface area (Å²) in [4.78, 5) is 0.206. The average Bonchev–Trinajstić information content (AvgIpc) is 2.82. The zero-order valence-corrected chi connectivity index (χ0v) is 29.4. The van der Waals surface area contributed by atoms with Crippen molar-refractivity contribution in [2.45, 2.75) is 126 Å². The van der Waals surface area contributed by atoms with Crippen LogP contribution >= 0.6 is 0 Å². The maximum Gasteiger partial charge on any atom is 0.192 e. The van der Waals surface area contributed by atoms with Gasteiger partial charge < -0.3 is 14.6 Å². The molecule has 2 N–H and O–H groups in total. The zero-order chi connectivity index (χ0) is 30.8. The molecule has 1 aromatic carbocycles. The van der Waals surface area contributed by atoms with Crippen molar-refractivity contribution in [3.05, 3.63) is 54.1 Å². The van der Waals surface area contributed by atoms with Crippen molar-refractivity contribution in [3.8, 4) is 11.5 Å². The van der Waals surface area contributed by atoms with Gasteiger partial charge in [0.2, 0.25) is 0 Å². The molecule has 5 nitrogen and oxygen atoms in total. The number of hydrogen-bond donors (Lipinski definition) is 2.